The fourth-order valence-electron chi connectivity index (χ4n) is 4.01. The summed E-state index contributed by atoms with van der Waals surface area (Å²) >= 11 is -4.91. The molecule has 234 valence electrons. The maximum absolute atomic E-state index is 13.5. The van der Waals surface area contributed by atoms with Crippen molar-refractivity contribution in [1.82, 2.24) is 0 Å². The van der Waals surface area contributed by atoms with Crippen LogP contribution in [0.4, 0.5) is 79.0 Å². The van der Waals surface area contributed by atoms with E-state index in [0.717, 1.165) is 0 Å². The number of hydrogen-bond acceptors (Lipinski definition) is 0. The van der Waals surface area contributed by atoms with Gasteiger partial charge in [0.15, 0.2) is 0 Å². The highest BCUT2D eigenvalue weighted by Gasteiger charge is 2.44. The zero-order chi connectivity index (χ0) is 33.1. The van der Waals surface area contributed by atoms with Crippen LogP contribution in [0.5, 0.6) is 0 Å². The molecule has 0 radical (unpaired) electrons. The summed E-state index contributed by atoms with van der Waals surface area (Å²) in [5, 5.41) is 0. The van der Waals surface area contributed by atoms with Crippen LogP contribution in [-0.4, -0.2) is 14.1 Å². The highest BCUT2D eigenvalue weighted by Crippen LogP contribution is 2.38. The highest BCUT2D eigenvalue weighted by molar-refractivity contribution is 6.95. The Kier molecular flexibility index (Phi) is 8.67. The Hall–Kier alpha value is -3.07. The van der Waals surface area contributed by atoms with Crippen molar-refractivity contribution in [2.75, 3.05) is 0 Å². The van der Waals surface area contributed by atoms with Crippen LogP contribution in [0.1, 0.15) is 33.4 Å². The summed E-state index contributed by atoms with van der Waals surface area (Å²) in [5.74, 6) is 0. The first-order valence-electron chi connectivity index (χ1n) is 11.0. The summed E-state index contributed by atoms with van der Waals surface area (Å²) in [6, 6.07) is -2.51. The van der Waals surface area contributed by atoms with Gasteiger partial charge in [-0.3, -0.25) is 0 Å². The lowest BCUT2D eigenvalue weighted by molar-refractivity contribution is -0.144. The molecule has 0 unspecified atom stereocenters. The summed E-state index contributed by atoms with van der Waals surface area (Å²) in [7, 11) is 0. The maximum atomic E-state index is 13.5. The van der Waals surface area contributed by atoms with Crippen molar-refractivity contribution < 1.29 is 79.0 Å². The molecule has 0 fully saturated rings. The topological polar surface area (TPSA) is 0 Å². The molecule has 43 heavy (non-hydrogen) atoms. The maximum Gasteiger partial charge on any atom is 0.416 e. The van der Waals surface area contributed by atoms with Crippen molar-refractivity contribution >= 4 is 27.4 Å². The fourth-order valence-corrected chi connectivity index (χ4v) is 7.25. The second kappa shape index (κ2) is 10.8. The quantitative estimate of drug-likeness (QED) is 0.195. The molecule has 0 saturated carbocycles. The van der Waals surface area contributed by atoms with Gasteiger partial charge < -0.3 is 0 Å². The second-order valence-electron chi connectivity index (χ2n) is 8.95. The molecular formula is C24H9AlF18. The molecule has 3 aromatic rings. The first kappa shape index (κ1) is 34.4. The summed E-state index contributed by atoms with van der Waals surface area (Å²) < 4.78 is 240. The monoisotopic (exact) mass is 666 g/mol. The van der Waals surface area contributed by atoms with Crippen LogP contribution in [0.15, 0.2) is 54.6 Å². The normalized spacial score (nSPS) is 13.8. The van der Waals surface area contributed by atoms with Gasteiger partial charge in [0, 0.05) is 0 Å². The molecule has 0 amide bonds. The number of hydrogen-bond donors (Lipinski definition) is 0. The molecule has 0 aromatic heterocycles. The van der Waals surface area contributed by atoms with Gasteiger partial charge in [0.2, 0.25) is 0 Å². The predicted octanol–water partition coefficient (Wildman–Crippen LogP) is 8.32. The minimum absolute atomic E-state index is 0.173. The fraction of sp³-hybridized carbons (Fsp3) is 0.250. The van der Waals surface area contributed by atoms with Gasteiger partial charge in [0.25, 0.3) is 0 Å². The summed E-state index contributed by atoms with van der Waals surface area (Å²) in [6.07, 6.45) is -33.9. The van der Waals surface area contributed by atoms with Gasteiger partial charge in [-0.2, -0.15) is 79.0 Å². The lowest BCUT2D eigenvalue weighted by atomic mass is 10.1. The lowest BCUT2D eigenvalue weighted by Crippen LogP contribution is -2.53. The van der Waals surface area contributed by atoms with Gasteiger partial charge in [0.05, 0.1) is 33.4 Å². The van der Waals surface area contributed by atoms with Crippen LogP contribution in [0.2, 0.25) is 0 Å². The third-order valence-electron chi connectivity index (χ3n) is 5.83. The van der Waals surface area contributed by atoms with Gasteiger partial charge in [-0.1, -0.05) is 49.7 Å². The van der Waals surface area contributed by atoms with E-state index in [4.69, 9.17) is 0 Å². The standard InChI is InChI=1S/3C8H3F6.Al/c3*9-7(10,11)5-2-1-3-6(4-5)8(12,13)14;/h3*2-4H;. The Morgan fingerprint density at radius 2 is 0.395 bits per heavy atom. The number of rotatable bonds is 3. The summed E-state index contributed by atoms with van der Waals surface area (Å²) in [6.45, 7) is 0. The molecule has 0 aliphatic rings. The number of benzene rings is 3. The van der Waals surface area contributed by atoms with Crippen molar-refractivity contribution in [3.63, 3.8) is 0 Å². The number of alkyl halides is 18. The Labute approximate surface area is 231 Å². The van der Waals surface area contributed by atoms with Gasteiger partial charge in [0.1, 0.15) is 0 Å². The summed E-state index contributed by atoms with van der Waals surface area (Å²) in [4.78, 5) is 0. The van der Waals surface area contributed by atoms with Crippen LogP contribution < -0.4 is 13.3 Å². The van der Waals surface area contributed by atoms with E-state index in [2.05, 4.69) is 0 Å². The Morgan fingerprint density at radius 3 is 0.512 bits per heavy atom. The second-order valence-corrected chi connectivity index (χ2v) is 11.8. The minimum atomic E-state index is -5.65. The lowest BCUT2D eigenvalue weighted by Gasteiger charge is -2.22. The molecule has 0 aliphatic carbocycles. The molecule has 19 heteroatoms. The van der Waals surface area contributed by atoms with Gasteiger partial charge in [-0.05, 0) is 18.2 Å². The largest absolute Gasteiger partial charge is 0.416 e. The van der Waals surface area contributed by atoms with Gasteiger partial charge >= 0.3 is 51.2 Å². The first-order chi connectivity index (χ1) is 19.1. The van der Waals surface area contributed by atoms with E-state index >= 15 is 0 Å². The third kappa shape index (κ3) is 8.11. The number of halogens is 18. The predicted molar refractivity (Wildman–Crippen MR) is 114 cm³/mol. The van der Waals surface area contributed by atoms with Crippen LogP contribution in [0.3, 0.4) is 0 Å². The van der Waals surface area contributed by atoms with Crippen molar-refractivity contribution in [3.8, 4) is 0 Å². The van der Waals surface area contributed by atoms with E-state index in [1.54, 1.807) is 0 Å². The van der Waals surface area contributed by atoms with Crippen LogP contribution in [0.25, 0.3) is 0 Å². The van der Waals surface area contributed by atoms with E-state index in [-0.39, 0.29) is 36.4 Å². The Bertz CT molecular complexity index is 1210. The SMILES string of the molecule is FC(F)(F)c1c[c]([Al]([c]2cc(C(F)(F)F)cc(C(F)(F)F)c2)[c]2cc(C(F)(F)F)cc(C(F)(F)F)c2)cc(C(F)(F)F)c1. The molecule has 0 heterocycles. The van der Waals surface area contributed by atoms with E-state index in [1.165, 1.54) is 0 Å². The molecule has 0 aliphatic heterocycles. The van der Waals surface area contributed by atoms with E-state index in [1.807, 2.05) is 0 Å². The average Bonchev–Trinajstić information content (AvgIpc) is 2.80. The molecule has 0 nitrogen and oxygen atoms in total. The van der Waals surface area contributed by atoms with Crippen LogP contribution in [0, 0.1) is 0 Å². The molecule has 3 aromatic carbocycles. The van der Waals surface area contributed by atoms with Gasteiger partial charge in [-0.25, -0.2) is 0 Å². The minimum Gasteiger partial charge on any atom is -0.166 e. The molecule has 0 bridgehead atoms. The average molecular weight is 666 g/mol. The van der Waals surface area contributed by atoms with Crippen molar-refractivity contribution in [2.45, 2.75) is 37.1 Å². The molecule has 0 N–H and O–H groups in total. The van der Waals surface area contributed by atoms with E-state index < -0.39 is 116 Å². The third-order valence-corrected chi connectivity index (χ3v) is 8.83. The molecule has 0 spiro atoms. The Morgan fingerprint density at radius 1 is 0.256 bits per heavy atom. The van der Waals surface area contributed by atoms with E-state index in [9.17, 15) is 79.0 Å². The van der Waals surface area contributed by atoms with Crippen LogP contribution in [-0.2, 0) is 37.1 Å². The zero-order valence-corrected chi connectivity index (χ0v) is 21.2. The first-order valence-corrected chi connectivity index (χ1v) is 12.7. The zero-order valence-electron chi connectivity index (χ0n) is 20.1. The highest BCUT2D eigenvalue weighted by atomic mass is 27.2. The molecular weight excluding hydrogens is 657 g/mol. The van der Waals surface area contributed by atoms with Crippen molar-refractivity contribution in [2.24, 2.45) is 0 Å². The molecule has 0 saturated heterocycles. The van der Waals surface area contributed by atoms with E-state index in [0.29, 0.717) is 0 Å². The Balaban J connectivity index is 2.60. The molecule has 3 rings (SSSR count). The van der Waals surface area contributed by atoms with Crippen LogP contribution >= 0.6 is 0 Å². The van der Waals surface area contributed by atoms with Gasteiger partial charge in [-0.15, -0.1) is 0 Å². The van der Waals surface area contributed by atoms with Crippen molar-refractivity contribution in [3.05, 3.63) is 88.0 Å². The smallest absolute Gasteiger partial charge is 0.166 e. The van der Waals surface area contributed by atoms with Crippen molar-refractivity contribution in [1.29, 1.82) is 0 Å². The summed E-state index contributed by atoms with van der Waals surface area (Å²) in [5.41, 5.74) is -13.0. The molecule has 0 atom stereocenters.